The Hall–Kier alpha value is -1.89. The number of benzene rings is 1. The molecule has 0 aromatic heterocycles. The number of carbonyl (C=O) groups is 2. The lowest BCUT2D eigenvalue weighted by molar-refractivity contribution is -0.150. The Morgan fingerprint density at radius 3 is 2.17 bits per heavy atom. The molecule has 0 bridgehead atoms. The summed E-state index contributed by atoms with van der Waals surface area (Å²) < 4.78 is 22.8. The number of hydrogen-bond acceptors (Lipinski definition) is 4. The summed E-state index contributed by atoms with van der Waals surface area (Å²) >= 11 is 0. The maximum Gasteiger partial charge on any atom is 0.311 e. The summed E-state index contributed by atoms with van der Waals surface area (Å²) in [6.45, 7) is 0.0923. The molecule has 1 amide bonds. The molecular weight excluding hydrogens is 318 g/mol. The van der Waals surface area contributed by atoms with Crippen LogP contribution in [0.5, 0.6) is 0 Å². The SMILES string of the molecule is CS(=O)(=O)c1ccc(C(=O)NCC2(C(=O)O)CCCCC2)cc1. The molecule has 1 fully saturated rings. The van der Waals surface area contributed by atoms with Gasteiger partial charge in [-0.25, -0.2) is 8.42 Å². The van der Waals surface area contributed by atoms with Gasteiger partial charge in [0.25, 0.3) is 5.91 Å². The van der Waals surface area contributed by atoms with E-state index in [9.17, 15) is 23.1 Å². The molecule has 23 heavy (non-hydrogen) atoms. The quantitative estimate of drug-likeness (QED) is 0.853. The van der Waals surface area contributed by atoms with Crippen LogP contribution in [-0.4, -0.2) is 38.2 Å². The molecule has 126 valence electrons. The van der Waals surface area contributed by atoms with Crippen molar-refractivity contribution in [3.05, 3.63) is 29.8 Å². The molecule has 0 heterocycles. The molecule has 6 nitrogen and oxygen atoms in total. The van der Waals surface area contributed by atoms with Gasteiger partial charge in [0.05, 0.1) is 10.3 Å². The standard InChI is InChI=1S/C16H21NO5S/c1-23(21,22)13-7-5-12(6-8-13)14(18)17-11-16(15(19)20)9-3-2-4-10-16/h5-8H,2-4,9-11H2,1H3,(H,17,18)(H,19,20). The van der Waals surface area contributed by atoms with Crippen LogP contribution in [0.1, 0.15) is 42.5 Å². The highest BCUT2D eigenvalue weighted by Gasteiger charge is 2.39. The first kappa shape index (κ1) is 17.5. The normalized spacial score (nSPS) is 17.4. The van der Waals surface area contributed by atoms with Crippen LogP contribution in [0.2, 0.25) is 0 Å². The maximum absolute atomic E-state index is 12.2. The first-order valence-electron chi connectivity index (χ1n) is 7.56. The molecule has 0 saturated heterocycles. The molecule has 0 aliphatic heterocycles. The number of amides is 1. The largest absolute Gasteiger partial charge is 0.481 e. The number of nitrogens with one attached hydrogen (secondary N) is 1. The predicted octanol–water partition coefficient (Wildman–Crippen LogP) is 1.85. The molecule has 0 radical (unpaired) electrons. The molecular formula is C16H21NO5S. The summed E-state index contributed by atoms with van der Waals surface area (Å²) in [4.78, 5) is 23.9. The van der Waals surface area contributed by atoms with E-state index in [-0.39, 0.29) is 11.4 Å². The van der Waals surface area contributed by atoms with Crippen LogP contribution in [-0.2, 0) is 14.6 Å². The van der Waals surface area contributed by atoms with Gasteiger partial charge in [0.2, 0.25) is 0 Å². The zero-order valence-corrected chi connectivity index (χ0v) is 13.9. The fourth-order valence-corrected chi connectivity index (χ4v) is 3.53. The van der Waals surface area contributed by atoms with E-state index in [1.54, 1.807) is 0 Å². The number of carboxylic acids is 1. The molecule has 1 saturated carbocycles. The van der Waals surface area contributed by atoms with E-state index < -0.39 is 27.1 Å². The van der Waals surface area contributed by atoms with Crippen LogP contribution in [0.15, 0.2) is 29.2 Å². The number of carboxylic acid groups (broad SMARTS) is 1. The topological polar surface area (TPSA) is 101 Å². The van der Waals surface area contributed by atoms with Crippen molar-refractivity contribution in [2.75, 3.05) is 12.8 Å². The third-order valence-corrected chi connectivity index (χ3v) is 5.52. The van der Waals surface area contributed by atoms with Gasteiger partial charge in [-0.3, -0.25) is 9.59 Å². The second-order valence-electron chi connectivity index (χ2n) is 6.13. The summed E-state index contributed by atoms with van der Waals surface area (Å²) in [6, 6.07) is 5.61. The van der Waals surface area contributed by atoms with Crippen molar-refractivity contribution in [1.82, 2.24) is 5.32 Å². The predicted molar refractivity (Wildman–Crippen MR) is 85.0 cm³/mol. The Kier molecular flexibility index (Phi) is 5.09. The molecule has 2 N–H and O–H groups in total. The van der Waals surface area contributed by atoms with Crippen LogP contribution in [0, 0.1) is 5.41 Å². The lowest BCUT2D eigenvalue weighted by Gasteiger charge is -2.33. The van der Waals surface area contributed by atoms with Gasteiger partial charge in [-0.15, -0.1) is 0 Å². The highest BCUT2D eigenvalue weighted by molar-refractivity contribution is 7.90. The molecule has 0 spiro atoms. The van der Waals surface area contributed by atoms with E-state index in [1.807, 2.05) is 0 Å². The van der Waals surface area contributed by atoms with E-state index in [4.69, 9.17) is 0 Å². The number of carbonyl (C=O) groups excluding carboxylic acids is 1. The van der Waals surface area contributed by atoms with Crippen LogP contribution >= 0.6 is 0 Å². The van der Waals surface area contributed by atoms with Crippen LogP contribution in [0.25, 0.3) is 0 Å². The number of hydrogen-bond donors (Lipinski definition) is 2. The minimum absolute atomic E-state index is 0.0923. The first-order chi connectivity index (χ1) is 10.7. The van der Waals surface area contributed by atoms with E-state index in [0.717, 1.165) is 25.5 Å². The third-order valence-electron chi connectivity index (χ3n) is 4.40. The molecule has 1 aromatic rings. The molecule has 0 atom stereocenters. The molecule has 2 rings (SSSR count). The summed E-state index contributed by atoms with van der Waals surface area (Å²) in [5.41, 5.74) is -0.575. The van der Waals surface area contributed by atoms with E-state index in [1.165, 1.54) is 24.3 Å². The molecule has 7 heteroatoms. The third kappa shape index (κ3) is 4.10. The second-order valence-corrected chi connectivity index (χ2v) is 8.14. The zero-order valence-electron chi connectivity index (χ0n) is 13.0. The Morgan fingerprint density at radius 2 is 1.70 bits per heavy atom. The van der Waals surface area contributed by atoms with Crippen molar-refractivity contribution in [1.29, 1.82) is 0 Å². The monoisotopic (exact) mass is 339 g/mol. The van der Waals surface area contributed by atoms with Crippen molar-refractivity contribution in [2.45, 2.75) is 37.0 Å². The first-order valence-corrected chi connectivity index (χ1v) is 9.45. The minimum atomic E-state index is -3.31. The van der Waals surface area contributed by atoms with Crippen molar-refractivity contribution < 1.29 is 23.1 Å². The van der Waals surface area contributed by atoms with Gasteiger partial charge in [-0.2, -0.15) is 0 Å². The van der Waals surface area contributed by atoms with Crippen molar-refractivity contribution in [3.8, 4) is 0 Å². The fraction of sp³-hybridized carbons (Fsp3) is 0.500. The van der Waals surface area contributed by atoms with Crippen LogP contribution in [0.4, 0.5) is 0 Å². The highest BCUT2D eigenvalue weighted by atomic mass is 32.2. The average molecular weight is 339 g/mol. The van der Waals surface area contributed by atoms with Gasteiger partial charge in [0, 0.05) is 18.4 Å². The summed E-state index contributed by atoms with van der Waals surface area (Å²) in [5.74, 6) is -1.26. The van der Waals surface area contributed by atoms with Crippen molar-refractivity contribution >= 4 is 21.7 Å². The van der Waals surface area contributed by atoms with Crippen LogP contribution < -0.4 is 5.32 Å². The lowest BCUT2D eigenvalue weighted by Crippen LogP contribution is -2.44. The van der Waals surface area contributed by atoms with E-state index in [2.05, 4.69) is 5.32 Å². The summed E-state index contributed by atoms with van der Waals surface area (Å²) in [5, 5.41) is 12.2. The molecule has 0 unspecified atom stereocenters. The van der Waals surface area contributed by atoms with Gasteiger partial charge in [0.15, 0.2) is 9.84 Å². The van der Waals surface area contributed by atoms with Crippen molar-refractivity contribution in [2.24, 2.45) is 5.41 Å². The Labute approximate surface area is 135 Å². The zero-order chi connectivity index (χ0) is 17.1. The molecule has 1 aliphatic carbocycles. The highest BCUT2D eigenvalue weighted by Crippen LogP contribution is 2.36. The number of rotatable bonds is 5. The van der Waals surface area contributed by atoms with Gasteiger partial charge in [-0.1, -0.05) is 19.3 Å². The Bertz CT molecular complexity index is 688. The van der Waals surface area contributed by atoms with Gasteiger partial charge in [-0.05, 0) is 37.1 Å². The van der Waals surface area contributed by atoms with Gasteiger partial charge in [0.1, 0.15) is 0 Å². The molecule has 1 aromatic carbocycles. The van der Waals surface area contributed by atoms with Gasteiger partial charge < -0.3 is 10.4 Å². The maximum atomic E-state index is 12.2. The molecule has 1 aliphatic rings. The number of aliphatic carboxylic acids is 1. The van der Waals surface area contributed by atoms with E-state index >= 15 is 0 Å². The Morgan fingerprint density at radius 1 is 1.13 bits per heavy atom. The average Bonchev–Trinajstić information content (AvgIpc) is 2.52. The van der Waals surface area contributed by atoms with Crippen LogP contribution in [0.3, 0.4) is 0 Å². The Balaban J connectivity index is 2.05. The summed E-state index contributed by atoms with van der Waals surface area (Å²) in [7, 11) is -3.31. The van der Waals surface area contributed by atoms with Crippen molar-refractivity contribution in [3.63, 3.8) is 0 Å². The smallest absolute Gasteiger partial charge is 0.311 e. The van der Waals surface area contributed by atoms with E-state index in [0.29, 0.717) is 18.4 Å². The summed E-state index contributed by atoms with van der Waals surface area (Å²) in [6.07, 6.45) is 4.96. The number of sulfone groups is 1. The van der Waals surface area contributed by atoms with Gasteiger partial charge >= 0.3 is 5.97 Å². The second kappa shape index (κ2) is 6.70. The lowest BCUT2D eigenvalue weighted by atomic mass is 9.74. The fourth-order valence-electron chi connectivity index (χ4n) is 2.90. The minimum Gasteiger partial charge on any atom is -0.481 e.